The van der Waals surface area contributed by atoms with Crippen molar-refractivity contribution in [1.29, 1.82) is 0 Å². The zero-order valence-electron chi connectivity index (χ0n) is 10.5. The van der Waals surface area contributed by atoms with Gasteiger partial charge in [-0.1, -0.05) is 32.1 Å². The van der Waals surface area contributed by atoms with E-state index in [-0.39, 0.29) is 0 Å². The van der Waals surface area contributed by atoms with Crippen molar-refractivity contribution in [3.8, 4) is 0 Å². The summed E-state index contributed by atoms with van der Waals surface area (Å²) in [5.41, 5.74) is 0. The van der Waals surface area contributed by atoms with Crippen LogP contribution in [0, 0.1) is 5.92 Å². The van der Waals surface area contributed by atoms with E-state index in [4.69, 9.17) is 0 Å². The number of anilines is 1. The van der Waals surface area contributed by atoms with Crippen molar-refractivity contribution in [2.24, 2.45) is 5.92 Å². The summed E-state index contributed by atoms with van der Waals surface area (Å²) in [4.78, 5) is 8.40. The van der Waals surface area contributed by atoms with Crippen LogP contribution in [-0.2, 0) is 0 Å². The fourth-order valence-electron chi connectivity index (χ4n) is 2.43. The van der Waals surface area contributed by atoms with E-state index in [1.54, 1.807) is 18.1 Å². The molecule has 0 unspecified atom stereocenters. The average molecular weight is 251 g/mol. The van der Waals surface area contributed by atoms with Crippen LogP contribution >= 0.6 is 11.8 Å². The molecule has 3 nitrogen and oxygen atoms in total. The number of rotatable bonds is 5. The van der Waals surface area contributed by atoms with E-state index in [0.29, 0.717) is 0 Å². The van der Waals surface area contributed by atoms with Gasteiger partial charge >= 0.3 is 0 Å². The van der Waals surface area contributed by atoms with E-state index < -0.39 is 0 Å². The van der Waals surface area contributed by atoms with Crippen molar-refractivity contribution >= 4 is 17.6 Å². The Balaban J connectivity index is 1.73. The van der Waals surface area contributed by atoms with Gasteiger partial charge in [0.15, 0.2) is 0 Å². The third-order valence-electron chi connectivity index (χ3n) is 3.43. The van der Waals surface area contributed by atoms with Gasteiger partial charge < -0.3 is 5.32 Å². The van der Waals surface area contributed by atoms with Crippen LogP contribution in [0.1, 0.15) is 38.5 Å². The molecule has 0 aliphatic heterocycles. The van der Waals surface area contributed by atoms with Crippen LogP contribution in [0.2, 0.25) is 0 Å². The van der Waals surface area contributed by atoms with Crippen molar-refractivity contribution in [1.82, 2.24) is 9.97 Å². The monoisotopic (exact) mass is 251 g/mol. The lowest BCUT2D eigenvalue weighted by atomic mass is 9.87. The predicted molar refractivity (Wildman–Crippen MR) is 73.5 cm³/mol. The molecule has 1 aromatic rings. The van der Waals surface area contributed by atoms with Crippen LogP contribution in [0.4, 0.5) is 5.82 Å². The Morgan fingerprint density at radius 1 is 1.29 bits per heavy atom. The second-order valence-electron chi connectivity index (χ2n) is 4.67. The molecular weight excluding hydrogens is 230 g/mol. The van der Waals surface area contributed by atoms with Gasteiger partial charge in [-0.25, -0.2) is 9.97 Å². The molecule has 0 spiro atoms. The van der Waals surface area contributed by atoms with Crippen molar-refractivity contribution < 1.29 is 0 Å². The Morgan fingerprint density at radius 2 is 2.12 bits per heavy atom. The maximum absolute atomic E-state index is 4.23. The second-order valence-corrected chi connectivity index (χ2v) is 5.49. The standard InChI is InChI=1S/C13H21N3S/c1-17-13-9-12(15-10-16-13)14-8-7-11-5-3-2-4-6-11/h9-11H,2-8H2,1H3,(H,14,15,16). The van der Waals surface area contributed by atoms with Gasteiger partial charge in [0.05, 0.1) is 0 Å². The summed E-state index contributed by atoms with van der Waals surface area (Å²) in [5, 5.41) is 4.43. The minimum Gasteiger partial charge on any atom is -0.370 e. The van der Waals surface area contributed by atoms with Gasteiger partial charge in [0.2, 0.25) is 0 Å². The van der Waals surface area contributed by atoms with E-state index >= 15 is 0 Å². The zero-order chi connectivity index (χ0) is 11.9. The molecule has 0 atom stereocenters. The largest absolute Gasteiger partial charge is 0.370 e. The molecule has 1 aliphatic carbocycles. The van der Waals surface area contributed by atoms with Crippen molar-refractivity contribution in [2.45, 2.75) is 43.6 Å². The molecule has 1 N–H and O–H groups in total. The summed E-state index contributed by atoms with van der Waals surface area (Å²) in [7, 11) is 0. The maximum Gasteiger partial charge on any atom is 0.130 e. The molecule has 0 radical (unpaired) electrons. The number of aromatic nitrogens is 2. The lowest BCUT2D eigenvalue weighted by Gasteiger charge is -2.21. The first-order valence-corrected chi connectivity index (χ1v) is 7.71. The molecule has 4 heteroatoms. The first kappa shape index (κ1) is 12.7. The normalized spacial score (nSPS) is 17.0. The van der Waals surface area contributed by atoms with Crippen LogP contribution in [0.5, 0.6) is 0 Å². The van der Waals surface area contributed by atoms with E-state index in [0.717, 1.165) is 23.3 Å². The fourth-order valence-corrected chi connectivity index (χ4v) is 2.81. The van der Waals surface area contributed by atoms with Gasteiger partial charge in [-0.2, -0.15) is 0 Å². The molecule has 17 heavy (non-hydrogen) atoms. The molecule has 94 valence electrons. The lowest BCUT2D eigenvalue weighted by molar-refractivity contribution is 0.345. The van der Waals surface area contributed by atoms with E-state index in [2.05, 4.69) is 15.3 Å². The van der Waals surface area contributed by atoms with Gasteiger partial charge in [-0.05, 0) is 18.6 Å². The minimum absolute atomic E-state index is 0.929. The SMILES string of the molecule is CSc1cc(NCCC2CCCCC2)ncn1. The van der Waals surface area contributed by atoms with Crippen LogP contribution < -0.4 is 5.32 Å². The maximum atomic E-state index is 4.23. The van der Waals surface area contributed by atoms with Crippen LogP contribution in [0.3, 0.4) is 0 Å². The summed E-state index contributed by atoms with van der Waals surface area (Å²) in [6, 6.07) is 2.02. The first-order valence-electron chi connectivity index (χ1n) is 6.48. The number of hydrogen-bond donors (Lipinski definition) is 1. The topological polar surface area (TPSA) is 37.8 Å². The van der Waals surface area contributed by atoms with Crippen molar-refractivity contribution in [2.75, 3.05) is 18.1 Å². The second kappa shape index (κ2) is 6.84. The molecule has 1 aliphatic rings. The zero-order valence-corrected chi connectivity index (χ0v) is 11.3. The highest BCUT2D eigenvalue weighted by atomic mass is 32.2. The van der Waals surface area contributed by atoms with Crippen molar-refractivity contribution in [3.63, 3.8) is 0 Å². The first-order chi connectivity index (χ1) is 8.38. The van der Waals surface area contributed by atoms with Crippen molar-refractivity contribution in [3.05, 3.63) is 12.4 Å². The molecule has 0 bridgehead atoms. The Hall–Kier alpha value is -0.770. The molecule has 1 fully saturated rings. The van der Waals surface area contributed by atoms with E-state index in [1.807, 2.05) is 12.3 Å². The highest BCUT2D eigenvalue weighted by Crippen LogP contribution is 2.26. The summed E-state index contributed by atoms with van der Waals surface area (Å²) in [6.07, 6.45) is 12.1. The Morgan fingerprint density at radius 3 is 2.88 bits per heavy atom. The summed E-state index contributed by atoms with van der Waals surface area (Å²) in [5.74, 6) is 1.89. The molecule has 0 aromatic carbocycles. The quantitative estimate of drug-likeness (QED) is 0.641. The van der Waals surface area contributed by atoms with Gasteiger partial charge in [0.25, 0.3) is 0 Å². The van der Waals surface area contributed by atoms with Gasteiger partial charge in [-0.3, -0.25) is 0 Å². The van der Waals surface area contributed by atoms with E-state index in [1.165, 1.54) is 38.5 Å². The summed E-state index contributed by atoms with van der Waals surface area (Å²) >= 11 is 1.65. The third-order valence-corrected chi connectivity index (χ3v) is 4.08. The minimum atomic E-state index is 0.929. The molecule has 0 amide bonds. The number of nitrogens with zero attached hydrogens (tertiary/aromatic N) is 2. The molecule has 1 saturated carbocycles. The third kappa shape index (κ3) is 4.19. The highest BCUT2D eigenvalue weighted by molar-refractivity contribution is 7.98. The van der Waals surface area contributed by atoms with E-state index in [9.17, 15) is 0 Å². The summed E-state index contributed by atoms with van der Waals surface area (Å²) < 4.78 is 0. The Labute approximate surface area is 108 Å². The highest BCUT2D eigenvalue weighted by Gasteiger charge is 2.12. The molecule has 0 saturated heterocycles. The average Bonchev–Trinajstić information content (AvgIpc) is 2.40. The number of thioether (sulfide) groups is 1. The van der Waals surface area contributed by atoms with Crippen LogP contribution in [0.25, 0.3) is 0 Å². The lowest BCUT2D eigenvalue weighted by Crippen LogP contribution is -2.12. The van der Waals surface area contributed by atoms with Gasteiger partial charge in [-0.15, -0.1) is 11.8 Å². The smallest absolute Gasteiger partial charge is 0.130 e. The number of nitrogens with one attached hydrogen (secondary N) is 1. The molecule has 1 aromatic heterocycles. The number of hydrogen-bond acceptors (Lipinski definition) is 4. The summed E-state index contributed by atoms with van der Waals surface area (Å²) in [6.45, 7) is 1.04. The molecular formula is C13H21N3S. The van der Waals surface area contributed by atoms with Crippen LogP contribution in [-0.4, -0.2) is 22.8 Å². The predicted octanol–water partition coefficient (Wildman–Crippen LogP) is 3.58. The van der Waals surface area contributed by atoms with Gasteiger partial charge in [0.1, 0.15) is 17.2 Å². The van der Waals surface area contributed by atoms with Gasteiger partial charge in [0, 0.05) is 12.6 Å². The molecule has 2 rings (SSSR count). The molecule has 1 heterocycles. The van der Waals surface area contributed by atoms with Crippen LogP contribution in [0.15, 0.2) is 17.4 Å². The fraction of sp³-hybridized carbons (Fsp3) is 0.692. The Kier molecular flexibility index (Phi) is 5.10. The Bertz CT molecular complexity index is 337.